The number of ether oxygens (including phenoxy) is 1. The Hall–Kier alpha value is -1.16. The van der Waals surface area contributed by atoms with E-state index in [1.807, 2.05) is 7.05 Å². The van der Waals surface area contributed by atoms with E-state index in [0.717, 1.165) is 12.2 Å². The molecule has 0 aliphatic heterocycles. The molecule has 0 bridgehead atoms. The summed E-state index contributed by atoms with van der Waals surface area (Å²) in [6.45, 7) is 4.28. The van der Waals surface area contributed by atoms with Crippen LogP contribution in [0.15, 0.2) is 12.3 Å². The summed E-state index contributed by atoms with van der Waals surface area (Å²) in [5.74, 6) is 1.80. The van der Waals surface area contributed by atoms with Gasteiger partial charge in [-0.25, -0.2) is 4.98 Å². The summed E-state index contributed by atoms with van der Waals surface area (Å²) in [5, 5.41) is 3.23. The summed E-state index contributed by atoms with van der Waals surface area (Å²) >= 11 is 0. The van der Waals surface area contributed by atoms with Gasteiger partial charge in [-0.3, -0.25) is 0 Å². The van der Waals surface area contributed by atoms with Crippen LogP contribution in [-0.2, 0) is 0 Å². The lowest BCUT2D eigenvalue weighted by atomic mass is 9.97. The number of methoxy groups -OCH3 is 1. The second-order valence-corrected chi connectivity index (χ2v) is 3.55. The fourth-order valence-corrected chi connectivity index (χ4v) is 1.61. The lowest BCUT2D eigenvalue weighted by Crippen LogP contribution is -2.29. The summed E-state index contributed by atoms with van der Waals surface area (Å²) in [5.41, 5.74) is 0. The third kappa shape index (κ3) is 2.89. The molecule has 0 spiro atoms. The van der Waals surface area contributed by atoms with Gasteiger partial charge in [-0.2, -0.15) is 4.98 Å². The van der Waals surface area contributed by atoms with Gasteiger partial charge in [0.1, 0.15) is 5.82 Å². The van der Waals surface area contributed by atoms with Crippen molar-refractivity contribution in [1.82, 2.24) is 15.3 Å². The molecule has 84 valence electrons. The van der Waals surface area contributed by atoms with Gasteiger partial charge in [0, 0.05) is 24.2 Å². The van der Waals surface area contributed by atoms with Crippen LogP contribution in [0.5, 0.6) is 5.88 Å². The molecule has 0 fully saturated rings. The van der Waals surface area contributed by atoms with Crippen LogP contribution in [0.1, 0.15) is 32.0 Å². The summed E-state index contributed by atoms with van der Waals surface area (Å²) in [6.07, 6.45) is 2.75. The van der Waals surface area contributed by atoms with Crippen LogP contribution in [0.2, 0.25) is 0 Å². The van der Waals surface area contributed by atoms with Gasteiger partial charge in [-0.1, -0.05) is 6.92 Å². The van der Waals surface area contributed by atoms with Crippen LogP contribution >= 0.6 is 0 Å². The number of rotatable bonds is 5. The Morgan fingerprint density at radius 1 is 1.53 bits per heavy atom. The molecule has 0 aromatic carbocycles. The lowest BCUT2D eigenvalue weighted by molar-refractivity contribution is 0.387. The van der Waals surface area contributed by atoms with Crippen molar-refractivity contribution in [3.05, 3.63) is 18.1 Å². The molecule has 0 aliphatic rings. The van der Waals surface area contributed by atoms with Crippen LogP contribution in [0.25, 0.3) is 0 Å². The number of hydrogen-bond donors (Lipinski definition) is 1. The highest BCUT2D eigenvalue weighted by Gasteiger charge is 2.19. The van der Waals surface area contributed by atoms with Gasteiger partial charge in [0.15, 0.2) is 0 Å². The van der Waals surface area contributed by atoms with Crippen molar-refractivity contribution in [1.29, 1.82) is 0 Å². The molecule has 4 heteroatoms. The van der Waals surface area contributed by atoms with E-state index in [1.54, 1.807) is 19.4 Å². The maximum absolute atomic E-state index is 5.09. The molecule has 1 N–H and O–H groups in total. The topological polar surface area (TPSA) is 47.0 Å². The first-order valence-corrected chi connectivity index (χ1v) is 5.27. The molecule has 0 saturated carbocycles. The predicted molar refractivity (Wildman–Crippen MR) is 60.1 cm³/mol. The van der Waals surface area contributed by atoms with Gasteiger partial charge < -0.3 is 10.1 Å². The molecule has 2 atom stereocenters. The molecule has 0 amide bonds. The largest absolute Gasteiger partial charge is 0.481 e. The summed E-state index contributed by atoms with van der Waals surface area (Å²) in [7, 11) is 3.57. The Balaban J connectivity index is 2.91. The van der Waals surface area contributed by atoms with E-state index in [9.17, 15) is 0 Å². The molecular formula is C11H19N3O. The SMILES string of the molecule is CCC(c1nccc(OC)n1)C(C)NC. The third-order valence-corrected chi connectivity index (χ3v) is 2.69. The Kier molecular flexibility index (Phi) is 4.49. The van der Waals surface area contributed by atoms with Crippen LogP contribution in [0.3, 0.4) is 0 Å². The minimum absolute atomic E-state index is 0.324. The van der Waals surface area contributed by atoms with E-state index in [1.165, 1.54) is 0 Å². The second kappa shape index (κ2) is 5.66. The molecule has 0 saturated heterocycles. The molecule has 15 heavy (non-hydrogen) atoms. The average molecular weight is 209 g/mol. The van der Waals surface area contributed by atoms with E-state index in [0.29, 0.717) is 17.8 Å². The third-order valence-electron chi connectivity index (χ3n) is 2.69. The van der Waals surface area contributed by atoms with Crippen molar-refractivity contribution in [3.8, 4) is 5.88 Å². The fourth-order valence-electron chi connectivity index (χ4n) is 1.61. The van der Waals surface area contributed by atoms with E-state index in [-0.39, 0.29) is 0 Å². The van der Waals surface area contributed by atoms with Crippen molar-refractivity contribution < 1.29 is 4.74 Å². The van der Waals surface area contributed by atoms with Gasteiger partial charge in [-0.15, -0.1) is 0 Å². The van der Waals surface area contributed by atoms with Crippen LogP contribution < -0.4 is 10.1 Å². The highest BCUT2D eigenvalue weighted by molar-refractivity contribution is 5.11. The summed E-state index contributed by atoms with van der Waals surface area (Å²) in [6, 6.07) is 2.13. The number of hydrogen-bond acceptors (Lipinski definition) is 4. The maximum atomic E-state index is 5.09. The van der Waals surface area contributed by atoms with E-state index in [4.69, 9.17) is 4.74 Å². The van der Waals surface area contributed by atoms with Gasteiger partial charge in [0.05, 0.1) is 7.11 Å². The summed E-state index contributed by atoms with van der Waals surface area (Å²) in [4.78, 5) is 8.65. The average Bonchev–Trinajstić information content (AvgIpc) is 2.30. The van der Waals surface area contributed by atoms with Crippen molar-refractivity contribution in [3.63, 3.8) is 0 Å². The lowest BCUT2D eigenvalue weighted by Gasteiger charge is -2.20. The molecule has 0 aliphatic carbocycles. The van der Waals surface area contributed by atoms with Crippen molar-refractivity contribution >= 4 is 0 Å². The van der Waals surface area contributed by atoms with E-state index >= 15 is 0 Å². The van der Waals surface area contributed by atoms with Crippen LogP contribution in [0, 0.1) is 0 Å². The first kappa shape index (κ1) is 11.9. The van der Waals surface area contributed by atoms with E-state index < -0.39 is 0 Å². The highest BCUT2D eigenvalue weighted by Crippen LogP contribution is 2.20. The van der Waals surface area contributed by atoms with Crippen LogP contribution in [0.4, 0.5) is 0 Å². The smallest absolute Gasteiger partial charge is 0.216 e. The highest BCUT2D eigenvalue weighted by atomic mass is 16.5. The monoisotopic (exact) mass is 209 g/mol. The maximum Gasteiger partial charge on any atom is 0.216 e. The number of aromatic nitrogens is 2. The molecule has 1 aromatic rings. The van der Waals surface area contributed by atoms with E-state index in [2.05, 4.69) is 29.1 Å². The normalized spacial score (nSPS) is 14.7. The second-order valence-electron chi connectivity index (χ2n) is 3.55. The van der Waals surface area contributed by atoms with Crippen molar-refractivity contribution in [2.24, 2.45) is 0 Å². The quantitative estimate of drug-likeness (QED) is 0.800. The van der Waals surface area contributed by atoms with Gasteiger partial charge in [0.2, 0.25) is 5.88 Å². The first-order valence-electron chi connectivity index (χ1n) is 5.27. The molecule has 1 rings (SSSR count). The summed E-state index contributed by atoms with van der Waals surface area (Å²) < 4.78 is 5.09. The number of nitrogens with zero attached hydrogens (tertiary/aromatic N) is 2. The number of nitrogens with one attached hydrogen (secondary N) is 1. The van der Waals surface area contributed by atoms with Gasteiger partial charge in [0.25, 0.3) is 0 Å². The molecule has 0 radical (unpaired) electrons. The Morgan fingerprint density at radius 3 is 2.80 bits per heavy atom. The van der Waals surface area contributed by atoms with Crippen LogP contribution in [-0.4, -0.2) is 30.2 Å². The Morgan fingerprint density at radius 2 is 2.27 bits per heavy atom. The molecule has 4 nitrogen and oxygen atoms in total. The standard InChI is InChI=1S/C11H19N3O/c1-5-9(8(2)12-3)11-13-7-6-10(14-11)15-4/h6-9,12H,5H2,1-4H3. The van der Waals surface area contributed by atoms with Crippen molar-refractivity contribution in [2.45, 2.75) is 32.2 Å². The molecular weight excluding hydrogens is 190 g/mol. The number of likely N-dealkylation sites (N-methyl/N-ethyl adjacent to an activating group) is 1. The van der Waals surface area contributed by atoms with Gasteiger partial charge >= 0.3 is 0 Å². The minimum Gasteiger partial charge on any atom is -0.481 e. The zero-order chi connectivity index (χ0) is 11.3. The zero-order valence-corrected chi connectivity index (χ0v) is 9.82. The Labute approximate surface area is 91.1 Å². The fraction of sp³-hybridized carbons (Fsp3) is 0.636. The Bertz CT molecular complexity index is 304. The molecule has 1 aromatic heterocycles. The van der Waals surface area contributed by atoms with Crippen molar-refractivity contribution in [2.75, 3.05) is 14.2 Å². The predicted octanol–water partition coefficient (Wildman–Crippen LogP) is 1.59. The molecule has 1 heterocycles. The first-order chi connectivity index (χ1) is 7.22. The zero-order valence-electron chi connectivity index (χ0n) is 9.82. The van der Waals surface area contributed by atoms with Gasteiger partial charge in [-0.05, 0) is 20.4 Å². The molecule has 2 unspecified atom stereocenters. The minimum atomic E-state index is 0.324.